The minimum Gasteiger partial charge on any atom is -0.478 e. The highest BCUT2D eigenvalue weighted by Gasteiger charge is 2.42. The topological polar surface area (TPSA) is 70.4 Å². The first-order valence-corrected chi connectivity index (χ1v) is 12.8. The van der Waals surface area contributed by atoms with Gasteiger partial charge in [0.25, 0.3) is 0 Å². The summed E-state index contributed by atoms with van der Waals surface area (Å²) in [6.45, 7) is 6.09. The SMILES string of the molecule is Cc1cc(N2C(=S)N[C@H](c3ccccn3)[C@H]2c2cc(C)n(-c3ccccc3C(=O)O)c2C)ccc1Br. The smallest absolute Gasteiger partial charge is 0.337 e. The van der Waals surface area contributed by atoms with Gasteiger partial charge in [-0.2, -0.15) is 0 Å². The fourth-order valence-corrected chi connectivity index (χ4v) is 5.63. The molecule has 1 fully saturated rings. The Kier molecular flexibility index (Phi) is 6.40. The van der Waals surface area contributed by atoms with E-state index in [1.165, 1.54) is 0 Å². The number of pyridine rings is 1. The van der Waals surface area contributed by atoms with Crippen molar-refractivity contribution in [2.75, 3.05) is 4.90 Å². The fraction of sp³-hybridized carbons (Fsp3) is 0.179. The van der Waals surface area contributed by atoms with E-state index >= 15 is 0 Å². The van der Waals surface area contributed by atoms with Gasteiger partial charge < -0.3 is 19.9 Å². The molecule has 2 aromatic carbocycles. The van der Waals surface area contributed by atoms with E-state index in [2.05, 4.69) is 56.3 Å². The third-order valence-corrected chi connectivity index (χ3v) is 7.89. The number of nitrogens with zero attached hydrogens (tertiary/aromatic N) is 3. The molecule has 0 saturated carbocycles. The number of nitrogens with one attached hydrogen (secondary N) is 1. The summed E-state index contributed by atoms with van der Waals surface area (Å²) in [7, 11) is 0. The highest BCUT2D eigenvalue weighted by atomic mass is 79.9. The van der Waals surface area contributed by atoms with Crippen LogP contribution in [0.25, 0.3) is 5.69 Å². The molecule has 0 amide bonds. The number of carbonyl (C=O) groups is 1. The molecule has 5 rings (SSSR count). The number of aromatic carboxylic acids is 1. The Balaban J connectivity index is 1.71. The summed E-state index contributed by atoms with van der Waals surface area (Å²) in [5.74, 6) is -0.957. The van der Waals surface area contributed by atoms with Crippen LogP contribution in [0.15, 0.2) is 77.4 Å². The van der Waals surface area contributed by atoms with Crippen LogP contribution in [0, 0.1) is 20.8 Å². The number of halogens is 1. The minimum atomic E-state index is -0.957. The van der Waals surface area contributed by atoms with Crippen LogP contribution in [-0.2, 0) is 0 Å². The van der Waals surface area contributed by atoms with Gasteiger partial charge in [-0.15, -0.1) is 0 Å². The maximum atomic E-state index is 12.0. The van der Waals surface area contributed by atoms with Gasteiger partial charge in [-0.25, -0.2) is 4.79 Å². The molecule has 0 spiro atoms. The van der Waals surface area contributed by atoms with Crippen molar-refractivity contribution in [1.82, 2.24) is 14.9 Å². The number of thiocarbonyl (C=S) groups is 1. The molecule has 2 N–H and O–H groups in total. The Morgan fingerprint density at radius 2 is 1.81 bits per heavy atom. The average molecular weight is 562 g/mol. The van der Waals surface area contributed by atoms with E-state index in [0.29, 0.717) is 10.8 Å². The van der Waals surface area contributed by atoms with Crippen molar-refractivity contribution in [2.45, 2.75) is 32.9 Å². The van der Waals surface area contributed by atoms with Gasteiger partial charge in [-0.05, 0) is 92.6 Å². The van der Waals surface area contributed by atoms with E-state index < -0.39 is 5.97 Å². The molecule has 0 bridgehead atoms. The third kappa shape index (κ3) is 4.10. The quantitative estimate of drug-likeness (QED) is 0.274. The molecular formula is C28H25BrN4O2S. The second-order valence-corrected chi connectivity index (χ2v) is 10.2. The molecule has 4 aromatic rings. The van der Waals surface area contributed by atoms with Crippen LogP contribution in [0.5, 0.6) is 0 Å². The number of rotatable bonds is 5. The summed E-state index contributed by atoms with van der Waals surface area (Å²) in [5, 5.41) is 14.0. The van der Waals surface area contributed by atoms with E-state index in [4.69, 9.17) is 12.2 Å². The molecule has 2 aromatic heterocycles. The normalized spacial score (nSPS) is 17.3. The maximum Gasteiger partial charge on any atom is 0.337 e. The average Bonchev–Trinajstić information content (AvgIpc) is 3.36. The number of hydrogen-bond donors (Lipinski definition) is 2. The standard InChI is InChI=1S/C28H25BrN4O2S/c1-16-14-19(11-12-22(16)29)33-26(25(31-28(33)36)23-9-6-7-13-30-23)21-15-17(2)32(18(21)3)24-10-5-4-8-20(24)27(34)35/h4-15,25-26H,1-3H3,(H,31,36)(H,34,35)/t25-,26-/m1/s1. The largest absolute Gasteiger partial charge is 0.478 e. The van der Waals surface area contributed by atoms with E-state index in [0.717, 1.165) is 38.4 Å². The zero-order valence-electron chi connectivity index (χ0n) is 20.1. The van der Waals surface area contributed by atoms with Gasteiger partial charge in [0.1, 0.15) is 0 Å². The number of aromatic nitrogens is 2. The van der Waals surface area contributed by atoms with Crippen LogP contribution < -0.4 is 10.2 Å². The van der Waals surface area contributed by atoms with Gasteiger partial charge in [-0.1, -0.05) is 34.1 Å². The van der Waals surface area contributed by atoms with Gasteiger partial charge in [0.05, 0.1) is 29.0 Å². The van der Waals surface area contributed by atoms with Crippen molar-refractivity contribution in [3.8, 4) is 5.69 Å². The summed E-state index contributed by atoms with van der Waals surface area (Å²) in [6, 6.07) is 20.9. The number of carboxylic acids is 1. The molecule has 0 radical (unpaired) electrons. The van der Waals surface area contributed by atoms with Crippen molar-refractivity contribution >= 4 is 44.9 Å². The van der Waals surface area contributed by atoms with Crippen molar-refractivity contribution in [2.24, 2.45) is 0 Å². The van der Waals surface area contributed by atoms with Crippen LogP contribution in [-0.4, -0.2) is 25.7 Å². The summed E-state index contributed by atoms with van der Waals surface area (Å²) in [5.41, 5.74) is 6.82. The van der Waals surface area contributed by atoms with Crippen molar-refractivity contribution in [3.63, 3.8) is 0 Å². The zero-order valence-corrected chi connectivity index (χ0v) is 22.5. The Labute approximate surface area is 223 Å². The lowest BCUT2D eigenvalue weighted by atomic mass is 9.96. The monoisotopic (exact) mass is 560 g/mol. The van der Waals surface area contributed by atoms with Crippen LogP contribution in [0.1, 0.15) is 50.7 Å². The first-order chi connectivity index (χ1) is 17.3. The second-order valence-electron chi connectivity index (χ2n) is 8.91. The first kappa shape index (κ1) is 24.2. The number of aryl methyl sites for hydroxylation is 2. The maximum absolute atomic E-state index is 12.0. The molecule has 2 atom stereocenters. The van der Waals surface area contributed by atoms with E-state index in [9.17, 15) is 9.90 Å². The van der Waals surface area contributed by atoms with E-state index in [1.807, 2.05) is 54.8 Å². The van der Waals surface area contributed by atoms with Crippen LogP contribution in [0.2, 0.25) is 0 Å². The summed E-state index contributed by atoms with van der Waals surface area (Å²) >= 11 is 9.48. The summed E-state index contributed by atoms with van der Waals surface area (Å²) in [6.07, 6.45) is 1.79. The predicted molar refractivity (Wildman–Crippen MR) is 149 cm³/mol. The molecule has 3 heterocycles. The van der Waals surface area contributed by atoms with Crippen LogP contribution >= 0.6 is 28.1 Å². The summed E-state index contributed by atoms with van der Waals surface area (Å²) < 4.78 is 3.05. The van der Waals surface area contributed by atoms with Crippen LogP contribution in [0.4, 0.5) is 5.69 Å². The number of para-hydroxylation sites is 1. The minimum absolute atomic E-state index is 0.189. The first-order valence-electron chi connectivity index (χ1n) is 11.6. The number of hydrogen-bond acceptors (Lipinski definition) is 3. The molecule has 8 heteroatoms. The lowest BCUT2D eigenvalue weighted by molar-refractivity contribution is 0.0697. The molecule has 6 nitrogen and oxygen atoms in total. The molecule has 0 unspecified atom stereocenters. The van der Waals surface area contributed by atoms with Gasteiger partial charge >= 0.3 is 5.97 Å². The van der Waals surface area contributed by atoms with Gasteiger partial charge in [-0.3, -0.25) is 4.98 Å². The molecule has 36 heavy (non-hydrogen) atoms. The van der Waals surface area contributed by atoms with Gasteiger partial charge in [0.15, 0.2) is 5.11 Å². The Morgan fingerprint density at radius 1 is 1.06 bits per heavy atom. The lowest BCUT2D eigenvalue weighted by Gasteiger charge is -2.28. The Bertz CT molecular complexity index is 1480. The number of anilines is 1. The van der Waals surface area contributed by atoms with Crippen molar-refractivity contribution < 1.29 is 9.90 Å². The van der Waals surface area contributed by atoms with Gasteiger partial charge in [0, 0.05) is 27.7 Å². The molecular weight excluding hydrogens is 536 g/mol. The van der Waals surface area contributed by atoms with E-state index in [1.54, 1.807) is 18.3 Å². The molecule has 1 aliphatic rings. The van der Waals surface area contributed by atoms with Gasteiger partial charge in [0.2, 0.25) is 0 Å². The molecule has 1 saturated heterocycles. The fourth-order valence-electron chi connectivity index (χ4n) is 5.03. The molecule has 0 aliphatic carbocycles. The second kappa shape index (κ2) is 9.52. The summed E-state index contributed by atoms with van der Waals surface area (Å²) in [4.78, 5) is 18.8. The third-order valence-electron chi connectivity index (χ3n) is 6.68. The van der Waals surface area contributed by atoms with E-state index in [-0.39, 0.29) is 17.6 Å². The predicted octanol–water partition coefficient (Wildman–Crippen LogP) is 6.44. The highest BCUT2D eigenvalue weighted by molar-refractivity contribution is 9.10. The lowest BCUT2D eigenvalue weighted by Crippen LogP contribution is -2.29. The zero-order chi connectivity index (χ0) is 25.6. The van der Waals surface area contributed by atoms with Crippen molar-refractivity contribution in [1.29, 1.82) is 0 Å². The Morgan fingerprint density at radius 3 is 2.50 bits per heavy atom. The molecule has 1 aliphatic heterocycles. The van der Waals surface area contributed by atoms with Crippen molar-refractivity contribution in [3.05, 3.63) is 111 Å². The highest BCUT2D eigenvalue weighted by Crippen LogP contribution is 2.44. The molecule has 182 valence electrons. The number of carboxylic acid groups (broad SMARTS) is 1. The Hall–Kier alpha value is -3.49. The number of benzene rings is 2. The van der Waals surface area contributed by atoms with Crippen LogP contribution in [0.3, 0.4) is 0 Å².